The number of amides is 2. The van der Waals surface area contributed by atoms with Crippen LogP contribution in [0.1, 0.15) is 18.1 Å². The molecule has 0 spiro atoms. The maximum absolute atomic E-state index is 12.7. The van der Waals surface area contributed by atoms with Gasteiger partial charge in [-0.05, 0) is 49.0 Å². The first-order chi connectivity index (χ1) is 14.0. The quantitative estimate of drug-likeness (QED) is 0.392. The molecule has 1 N–H and O–H groups in total. The number of hydrogen-bond donors (Lipinski definition) is 1. The van der Waals surface area contributed by atoms with Crippen molar-refractivity contribution in [3.8, 4) is 0 Å². The van der Waals surface area contributed by atoms with Crippen molar-refractivity contribution in [3.05, 3.63) is 76.5 Å². The zero-order chi connectivity index (χ0) is 20.5. The van der Waals surface area contributed by atoms with Crippen LogP contribution in [0.25, 0.3) is 17.0 Å². The largest absolute Gasteiger partial charge is 0.342 e. The van der Waals surface area contributed by atoms with Crippen molar-refractivity contribution in [2.24, 2.45) is 0 Å². The van der Waals surface area contributed by atoms with E-state index < -0.39 is 5.91 Å². The molecule has 1 aliphatic rings. The number of likely N-dealkylation sites (N-methyl/N-ethyl adjacent to an activating group) is 1. The standard InChI is InChI=1S/C22H18ClN3O2S/c1-2-26-21(28)18(20(27)24-22(26)29)11-15-13-25(19-6-4-3-5-17(15)19)12-14-7-9-16(23)10-8-14/h3-11,13H,2,12H2,1H3,(H,24,27,29)/b18-11+. The highest BCUT2D eigenvalue weighted by Crippen LogP contribution is 2.26. The molecular weight excluding hydrogens is 406 g/mol. The fourth-order valence-electron chi connectivity index (χ4n) is 3.44. The summed E-state index contributed by atoms with van der Waals surface area (Å²) in [5, 5.41) is 4.39. The van der Waals surface area contributed by atoms with E-state index in [2.05, 4.69) is 9.88 Å². The van der Waals surface area contributed by atoms with Gasteiger partial charge in [0, 0.05) is 40.8 Å². The molecule has 0 atom stereocenters. The average molecular weight is 424 g/mol. The third kappa shape index (κ3) is 3.69. The molecule has 0 saturated carbocycles. The molecule has 1 fully saturated rings. The third-order valence-corrected chi connectivity index (χ3v) is 5.46. The van der Waals surface area contributed by atoms with Crippen LogP contribution in [0.3, 0.4) is 0 Å². The summed E-state index contributed by atoms with van der Waals surface area (Å²) in [6.07, 6.45) is 3.60. The average Bonchev–Trinajstić information content (AvgIpc) is 3.05. The highest BCUT2D eigenvalue weighted by atomic mass is 35.5. The van der Waals surface area contributed by atoms with Gasteiger partial charge in [-0.15, -0.1) is 0 Å². The highest BCUT2D eigenvalue weighted by Gasteiger charge is 2.32. The van der Waals surface area contributed by atoms with Gasteiger partial charge in [0.2, 0.25) is 0 Å². The number of fused-ring (bicyclic) bond motifs is 1. The van der Waals surface area contributed by atoms with Gasteiger partial charge in [0.25, 0.3) is 11.8 Å². The van der Waals surface area contributed by atoms with Gasteiger partial charge in [0.05, 0.1) is 0 Å². The number of thiocarbonyl (C=S) groups is 1. The molecule has 0 bridgehead atoms. The molecular formula is C22H18ClN3O2S. The van der Waals surface area contributed by atoms with Crippen LogP contribution in [0, 0.1) is 0 Å². The predicted molar refractivity (Wildman–Crippen MR) is 119 cm³/mol. The Bertz CT molecular complexity index is 1160. The van der Waals surface area contributed by atoms with E-state index in [1.807, 2.05) is 61.7 Å². The van der Waals surface area contributed by atoms with E-state index in [0.717, 1.165) is 22.0 Å². The van der Waals surface area contributed by atoms with Gasteiger partial charge in [-0.2, -0.15) is 0 Å². The summed E-state index contributed by atoms with van der Waals surface area (Å²) in [5.41, 5.74) is 3.00. The molecule has 0 unspecified atom stereocenters. The number of aromatic nitrogens is 1. The lowest BCUT2D eigenvalue weighted by Crippen LogP contribution is -2.53. The number of nitrogens with zero attached hydrogens (tertiary/aromatic N) is 2. The van der Waals surface area contributed by atoms with Gasteiger partial charge >= 0.3 is 0 Å². The molecule has 7 heteroatoms. The van der Waals surface area contributed by atoms with Crippen LogP contribution >= 0.6 is 23.8 Å². The minimum atomic E-state index is -0.473. The maximum Gasteiger partial charge on any atom is 0.265 e. The fraction of sp³-hybridized carbons (Fsp3) is 0.136. The molecule has 5 nitrogen and oxygen atoms in total. The van der Waals surface area contributed by atoms with E-state index in [4.69, 9.17) is 23.8 Å². The number of para-hydroxylation sites is 1. The zero-order valence-corrected chi connectivity index (χ0v) is 17.3. The van der Waals surface area contributed by atoms with Crippen LogP contribution in [0.15, 0.2) is 60.3 Å². The summed E-state index contributed by atoms with van der Waals surface area (Å²) in [5.74, 6) is -0.852. The Kier molecular flexibility index (Phi) is 5.22. The smallest absolute Gasteiger partial charge is 0.265 e. The van der Waals surface area contributed by atoms with Crippen LogP contribution in [0.4, 0.5) is 0 Å². The molecule has 4 rings (SSSR count). The molecule has 1 saturated heterocycles. The van der Waals surface area contributed by atoms with Gasteiger partial charge in [-0.1, -0.05) is 41.9 Å². The summed E-state index contributed by atoms with van der Waals surface area (Å²) < 4.78 is 2.10. The number of benzene rings is 2. The van der Waals surface area contributed by atoms with Gasteiger partial charge < -0.3 is 4.57 Å². The Hall–Kier alpha value is -2.96. The first-order valence-corrected chi connectivity index (χ1v) is 9.97. The first kappa shape index (κ1) is 19.4. The van der Waals surface area contributed by atoms with Crippen LogP contribution in [0.2, 0.25) is 5.02 Å². The minimum Gasteiger partial charge on any atom is -0.342 e. The number of carbonyl (C=O) groups is 2. The van der Waals surface area contributed by atoms with Gasteiger partial charge in [0.1, 0.15) is 5.57 Å². The SMILES string of the molecule is CCN1C(=O)/C(=C/c2cn(Cc3ccc(Cl)cc3)c3ccccc23)C(=O)NC1=S. The van der Waals surface area contributed by atoms with Crippen molar-refractivity contribution in [2.75, 3.05) is 6.54 Å². The Labute approximate surface area is 178 Å². The Morgan fingerprint density at radius 2 is 1.83 bits per heavy atom. The third-order valence-electron chi connectivity index (χ3n) is 4.89. The fourth-order valence-corrected chi connectivity index (χ4v) is 3.87. The van der Waals surface area contributed by atoms with E-state index >= 15 is 0 Å². The number of hydrogen-bond acceptors (Lipinski definition) is 3. The second-order valence-electron chi connectivity index (χ2n) is 6.72. The Morgan fingerprint density at radius 3 is 2.55 bits per heavy atom. The molecule has 3 aromatic rings. The van der Waals surface area contributed by atoms with Crippen molar-refractivity contribution in [3.63, 3.8) is 0 Å². The molecule has 2 aromatic carbocycles. The number of halogens is 1. The lowest BCUT2D eigenvalue weighted by atomic mass is 10.1. The minimum absolute atomic E-state index is 0.0786. The summed E-state index contributed by atoms with van der Waals surface area (Å²) in [4.78, 5) is 26.5. The summed E-state index contributed by atoms with van der Waals surface area (Å²) in [6.45, 7) is 2.86. The second-order valence-corrected chi connectivity index (χ2v) is 7.55. The van der Waals surface area contributed by atoms with Crippen molar-refractivity contribution in [1.29, 1.82) is 0 Å². The van der Waals surface area contributed by atoms with Crippen LogP contribution in [0.5, 0.6) is 0 Å². The maximum atomic E-state index is 12.7. The monoisotopic (exact) mass is 423 g/mol. The van der Waals surface area contributed by atoms with Crippen molar-refractivity contribution >= 4 is 57.7 Å². The highest BCUT2D eigenvalue weighted by molar-refractivity contribution is 7.80. The van der Waals surface area contributed by atoms with Crippen LogP contribution in [-0.4, -0.2) is 32.9 Å². The van der Waals surface area contributed by atoms with Gasteiger partial charge in [0.15, 0.2) is 5.11 Å². The molecule has 2 heterocycles. The zero-order valence-electron chi connectivity index (χ0n) is 15.7. The topological polar surface area (TPSA) is 54.3 Å². The number of rotatable bonds is 4. The van der Waals surface area contributed by atoms with E-state index in [1.54, 1.807) is 6.08 Å². The second kappa shape index (κ2) is 7.81. The normalized spacial score (nSPS) is 16.0. The summed E-state index contributed by atoms with van der Waals surface area (Å²) in [7, 11) is 0. The summed E-state index contributed by atoms with van der Waals surface area (Å²) >= 11 is 11.1. The lowest BCUT2D eigenvalue weighted by molar-refractivity contribution is -0.128. The van der Waals surface area contributed by atoms with E-state index in [-0.39, 0.29) is 16.6 Å². The molecule has 1 aliphatic heterocycles. The van der Waals surface area contributed by atoms with Crippen LogP contribution < -0.4 is 5.32 Å². The lowest BCUT2D eigenvalue weighted by Gasteiger charge is -2.27. The van der Waals surface area contributed by atoms with Crippen molar-refractivity contribution in [1.82, 2.24) is 14.8 Å². The summed E-state index contributed by atoms with van der Waals surface area (Å²) in [6, 6.07) is 15.6. The van der Waals surface area contributed by atoms with E-state index in [0.29, 0.717) is 18.1 Å². The molecule has 146 valence electrons. The number of nitrogens with one attached hydrogen (secondary N) is 1. The van der Waals surface area contributed by atoms with Gasteiger partial charge in [-0.25, -0.2) is 0 Å². The molecule has 1 aromatic heterocycles. The van der Waals surface area contributed by atoms with E-state index in [1.165, 1.54) is 4.90 Å². The van der Waals surface area contributed by atoms with Crippen molar-refractivity contribution in [2.45, 2.75) is 13.5 Å². The van der Waals surface area contributed by atoms with Crippen molar-refractivity contribution < 1.29 is 9.59 Å². The molecule has 0 aliphatic carbocycles. The Balaban J connectivity index is 1.77. The van der Waals surface area contributed by atoms with Crippen LogP contribution in [-0.2, 0) is 16.1 Å². The van der Waals surface area contributed by atoms with Gasteiger partial charge in [-0.3, -0.25) is 19.8 Å². The first-order valence-electron chi connectivity index (χ1n) is 9.19. The molecule has 29 heavy (non-hydrogen) atoms. The molecule has 2 amide bonds. The number of carbonyl (C=O) groups excluding carboxylic acids is 2. The predicted octanol–water partition coefficient (Wildman–Crippen LogP) is 3.99. The van der Waals surface area contributed by atoms with E-state index in [9.17, 15) is 9.59 Å². The molecule has 0 radical (unpaired) electrons. The Morgan fingerprint density at radius 1 is 1.10 bits per heavy atom.